The molecule has 0 radical (unpaired) electrons. The first-order valence-electron chi connectivity index (χ1n) is 5.84. The highest BCUT2D eigenvalue weighted by atomic mass is 15.3. The Kier molecular flexibility index (Phi) is 3.17. The predicted octanol–water partition coefficient (Wildman–Crippen LogP) is 2.12. The van der Waals surface area contributed by atoms with Crippen LogP contribution >= 0.6 is 0 Å². The van der Waals surface area contributed by atoms with E-state index < -0.39 is 0 Å². The van der Waals surface area contributed by atoms with Crippen molar-refractivity contribution in [1.82, 2.24) is 19.3 Å². The number of imidazole rings is 1. The Bertz CT molecular complexity index is 495. The second-order valence-electron chi connectivity index (χ2n) is 4.51. The van der Waals surface area contributed by atoms with E-state index >= 15 is 0 Å². The molecule has 0 fully saturated rings. The topological polar surface area (TPSA) is 47.7 Å². The summed E-state index contributed by atoms with van der Waals surface area (Å²) in [5.74, 6) is 0.915. The molecular formula is C12H19N5. The molecule has 0 aliphatic heterocycles. The van der Waals surface area contributed by atoms with Crippen LogP contribution in [0.15, 0.2) is 18.5 Å². The van der Waals surface area contributed by atoms with Gasteiger partial charge in [0, 0.05) is 25.5 Å². The third kappa shape index (κ3) is 2.49. The lowest BCUT2D eigenvalue weighted by Crippen LogP contribution is -2.11. The molecule has 0 aliphatic rings. The van der Waals surface area contributed by atoms with Crippen molar-refractivity contribution in [3.63, 3.8) is 0 Å². The molecule has 5 heteroatoms. The van der Waals surface area contributed by atoms with Crippen LogP contribution in [0.25, 0.3) is 0 Å². The molecule has 0 atom stereocenters. The number of anilines is 1. The zero-order valence-corrected chi connectivity index (χ0v) is 10.8. The van der Waals surface area contributed by atoms with Crippen LogP contribution in [0, 0.1) is 6.92 Å². The van der Waals surface area contributed by atoms with E-state index in [9.17, 15) is 0 Å². The standard InChI is InChI=1S/C12H19N5/c1-9(2)17-8-10(3)15-12(17)13-7-11-5-6-14-16(11)4/h5-6,8-9H,7H2,1-4H3,(H,13,15). The van der Waals surface area contributed by atoms with Crippen LogP contribution in [0.4, 0.5) is 5.95 Å². The summed E-state index contributed by atoms with van der Waals surface area (Å²) >= 11 is 0. The van der Waals surface area contributed by atoms with Crippen LogP contribution in [0.5, 0.6) is 0 Å². The van der Waals surface area contributed by atoms with E-state index in [2.05, 4.69) is 40.0 Å². The molecule has 0 aromatic carbocycles. The van der Waals surface area contributed by atoms with Crippen molar-refractivity contribution in [2.24, 2.45) is 7.05 Å². The van der Waals surface area contributed by atoms with E-state index in [0.29, 0.717) is 6.04 Å². The van der Waals surface area contributed by atoms with Crippen molar-refractivity contribution in [1.29, 1.82) is 0 Å². The average Bonchev–Trinajstić information content (AvgIpc) is 2.82. The number of hydrogen-bond acceptors (Lipinski definition) is 3. The van der Waals surface area contributed by atoms with Gasteiger partial charge in [-0.2, -0.15) is 5.10 Å². The number of aromatic nitrogens is 4. The number of nitrogens with zero attached hydrogens (tertiary/aromatic N) is 4. The number of rotatable bonds is 4. The van der Waals surface area contributed by atoms with Crippen LogP contribution in [-0.2, 0) is 13.6 Å². The van der Waals surface area contributed by atoms with E-state index in [1.165, 1.54) is 0 Å². The molecule has 17 heavy (non-hydrogen) atoms. The van der Waals surface area contributed by atoms with Gasteiger partial charge in [0.25, 0.3) is 0 Å². The Morgan fingerprint density at radius 2 is 2.18 bits per heavy atom. The van der Waals surface area contributed by atoms with E-state index in [1.807, 2.05) is 24.7 Å². The van der Waals surface area contributed by atoms with Crippen LogP contribution in [0.1, 0.15) is 31.3 Å². The molecule has 0 saturated carbocycles. The molecule has 2 heterocycles. The molecule has 2 aromatic rings. The summed E-state index contributed by atoms with van der Waals surface area (Å²) in [5.41, 5.74) is 2.17. The van der Waals surface area contributed by atoms with Crippen LogP contribution in [0.2, 0.25) is 0 Å². The maximum absolute atomic E-state index is 4.48. The largest absolute Gasteiger partial charge is 0.350 e. The monoisotopic (exact) mass is 233 g/mol. The number of hydrogen-bond donors (Lipinski definition) is 1. The normalized spacial score (nSPS) is 11.1. The molecule has 5 nitrogen and oxygen atoms in total. The highest BCUT2D eigenvalue weighted by Gasteiger charge is 2.08. The van der Waals surface area contributed by atoms with Gasteiger partial charge in [-0.1, -0.05) is 0 Å². The summed E-state index contributed by atoms with van der Waals surface area (Å²) in [7, 11) is 1.94. The minimum Gasteiger partial charge on any atom is -0.350 e. The smallest absolute Gasteiger partial charge is 0.203 e. The van der Waals surface area contributed by atoms with Crippen molar-refractivity contribution in [3.8, 4) is 0 Å². The van der Waals surface area contributed by atoms with Crippen LogP contribution in [0.3, 0.4) is 0 Å². The highest BCUT2D eigenvalue weighted by molar-refractivity contribution is 5.30. The van der Waals surface area contributed by atoms with E-state index in [-0.39, 0.29) is 0 Å². The molecule has 92 valence electrons. The van der Waals surface area contributed by atoms with E-state index in [0.717, 1.165) is 23.9 Å². The summed E-state index contributed by atoms with van der Waals surface area (Å²) in [4.78, 5) is 4.48. The molecule has 0 unspecified atom stereocenters. The summed E-state index contributed by atoms with van der Waals surface area (Å²) in [5, 5.41) is 7.49. The first-order valence-corrected chi connectivity index (χ1v) is 5.84. The Balaban J connectivity index is 2.11. The van der Waals surface area contributed by atoms with Gasteiger partial charge in [-0.05, 0) is 26.8 Å². The fourth-order valence-electron chi connectivity index (χ4n) is 1.78. The summed E-state index contributed by atoms with van der Waals surface area (Å²) in [6.07, 6.45) is 3.87. The molecule has 2 aromatic heterocycles. The van der Waals surface area contributed by atoms with E-state index in [4.69, 9.17) is 0 Å². The van der Waals surface area contributed by atoms with Gasteiger partial charge >= 0.3 is 0 Å². The molecule has 1 N–H and O–H groups in total. The molecular weight excluding hydrogens is 214 g/mol. The lowest BCUT2D eigenvalue weighted by atomic mass is 10.4. The minimum absolute atomic E-state index is 0.408. The lowest BCUT2D eigenvalue weighted by molar-refractivity contribution is 0.603. The zero-order chi connectivity index (χ0) is 12.4. The van der Waals surface area contributed by atoms with Gasteiger partial charge in [-0.15, -0.1) is 0 Å². The third-order valence-electron chi connectivity index (χ3n) is 2.76. The van der Waals surface area contributed by atoms with Gasteiger partial charge in [-0.3, -0.25) is 4.68 Å². The first kappa shape index (κ1) is 11.7. The van der Waals surface area contributed by atoms with Crippen molar-refractivity contribution in [2.75, 3.05) is 5.32 Å². The zero-order valence-electron chi connectivity index (χ0n) is 10.8. The van der Waals surface area contributed by atoms with E-state index in [1.54, 1.807) is 6.20 Å². The maximum atomic E-state index is 4.48. The highest BCUT2D eigenvalue weighted by Crippen LogP contribution is 2.15. The Morgan fingerprint density at radius 1 is 1.41 bits per heavy atom. The number of nitrogens with one attached hydrogen (secondary N) is 1. The summed E-state index contributed by atoms with van der Waals surface area (Å²) < 4.78 is 4.01. The maximum Gasteiger partial charge on any atom is 0.203 e. The molecule has 0 saturated heterocycles. The van der Waals surface area contributed by atoms with Crippen molar-refractivity contribution in [3.05, 3.63) is 29.8 Å². The molecule has 2 rings (SSSR count). The van der Waals surface area contributed by atoms with Crippen molar-refractivity contribution >= 4 is 5.95 Å². The van der Waals surface area contributed by atoms with Crippen LogP contribution < -0.4 is 5.32 Å². The fraction of sp³-hybridized carbons (Fsp3) is 0.500. The van der Waals surface area contributed by atoms with Crippen LogP contribution in [-0.4, -0.2) is 19.3 Å². The SMILES string of the molecule is Cc1cn(C(C)C)c(NCc2ccnn2C)n1. The minimum atomic E-state index is 0.408. The molecule has 0 spiro atoms. The molecule has 0 bridgehead atoms. The van der Waals surface area contributed by atoms with Gasteiger partial charge in [0.1, 0.15) is 0 Å². The predicted molar refractivity (Wildman–Crippen MR) is 67.9 cm³/mol. The molecule has 0 aliphatic carbocycles. The summed E-state index contributed by atoms with van der Waals surface area (Å²) in [6, 6.07) is 2.41. The van der Waals surface area contributed by atoms with Crippen molar-refractivity contribution in [2.45, 2.75) is 33.4 Å². The second-order valence-corrected chi connectivity index (χ2v) is 4.51. The quantitative estimate of drug-likeness (QED) is 0.880. The second kappa shape index (κ2) is 4.61. The fourth-order valence-corrected chi connectivity index (χ4v) is 1.78. The van der Waals surface area contributed by atoms with Gasteiger partial charge in [0.2, 0.25) is 5.95 Å². The Labute approximate surface area is 101 Å². The van der Waals surface area contributed by atoms with Gasteiger partial charge < -0.3 is 9.88 Å². The number of aryl methyl sites for hydroxylation is 2. The third-order valence-corrected chi connectivity index (χ3v) is 2.76. The van der Waals surface area contributed by atoms with Crippen molar-refractivity contribution < 1.29 is 0 Å². The average molecular weight is 233 g/mol. The van der Waals surface area contributed by atoms with Gasteiger partial charge in [0.05, 0.1) is 17.9 Å². The van der Waals surface area contributed by atoms with Gasteiger partial charge in [0.15, 0.2) is 0 Å². The molecule has 0 amide bonds. The lowest BCUT2D eigenvalue weighted by Gasteiger charge is -2.12. The summed E-state index contributed by atoms with van der Waals surface area (Å²) in [6.45, 7) is 7.04. The van der Waals surface area contributed by atoms with Gasteiger partial charge in [-0.25, -0.2) is 4.98 Å². The Morgan fingerprint density at radius 3 is 2.76 bits per heavy atom. The Hall–Kier alpha value is -1.78. The first-order chi connectivity index (χ1) is 8.08.